The molecule has 0 heteroatoms. The fourth-order valence-electron chi connectivity index (χ4n) is 1.12. The van der Waals surface area contributed by atoms with E-state index in [2.05, 4.69) is 47.3 Å². The first kappa shape index (κ1) is 16.9. The maximum Gasteiger partial charge on any atom is -0.0280 e. The molecule has 0 N–H and O–H groups in total. The van der Waals surface area contributed by atoms with Gasteiger partial charge in [-0.1, -0.05) is 65.2 Å². The van der Waals surface area contributed by atoms with E-state index in [0.29, 0.717) is 0 Å². The van der Waals surface area contributed by atoms with Crippen LogP contribution in [-0.2, 0) is 0 Å². The first-order valence-corrected chi connectivity index (χ1v) is 6.51. The van der Waals surface area contributed by atoms with E-state index in [0.717, 1.165) is 6.42 Å². The van der Waals surface area contributed by atoms with Gasteiger partial charge in [0.1, 0.15) is 0 Å². The van der Waals surface area contributed by atoms with Crippen LogP contribution in [-0.4, -0.2) is 0 Å². The molecule has 0 amide bonds. The minimum Gasteiger partial charge on any atom is -0.0956 e. The topological polar surface area (TPSA) is 0 Å². The van der Waals surface area contributed by atoms with Gasteiger partial charge in [0.05, 0.1) is 0 Å². The average Bonchev–Trinajstić information content (AvgIpc) is 2.30. The molecule has 0 aliphatic carbocycles. The Morgan fingerprint density at radius 1 is 1.00 bits per heavy atom. The van der Waals surface area contributed by atoms with E-state index in [1.54, 1.807) is 0 Å². The second-order valence-electron chi connectivity index (χ2n) is 3.87. The quantitative estimate of drug-likeness (QED) is 0.479. The molecule has 0 fully saturated rings. The van der Waals surface area contributed by atoms with Crippen LogP contribution in [0.15, 0.2) is 23.8 Å². The summed E-state index contributed by atoms with van der Waals surface area (Å²) in [6, 6.07) is 0. The first-order valence-electron chi connectivity index (χ1n) is 6.51. The summed E-state index contributed by atoms with van der Waals surface area (Å²) in [6.45, 7) is 14.9. The average molecular weight is 210 g/mol. The summed E-state index contributed by atoms with van der Waals surface area (Å²) < 4.78 is 0. The van der Waals surface area contributed by atoms with Crippen LogP contribution in [0.5, 0.6) is 0 Å². The Kier molecular flexibility index (Phi) is 15.2. The Balaban J connectivity index is 0. The molecule has 0 atom stereocenters. The largest absolute Gasteiger partial charge is 0.0956 e. The second kappa shape index (κ2) is 13.5. The summed E-state index contributed by atoms with van der Waals surface area (Å²) in [5, 5.41) is 0. The van der Waals surface area contributed by atoms with Crippen molar-refractivity contribution in [2.75, 3.05) is 0 Å². The third kappa shape index (κ3) is 11.4. The van der Waals surface area contributed by atoms with Gasteiger partial charge in [0.15, 0.2) is 0 Å². The van der Waals surface area contributed by atoms with Gasteiger partial charge in [0.25, 0.3) is 0 Å². The maximum atomic E-state index is 4.03. The summed E-state index contributed by atoms with van der Waals surface area (Å²) >= 11 is 0. The minimum atomic E-state index is 1.09. The lowest BCUT2D eigenvalue weighted by Gasteiger charge is -2.06. The highest BCUT2D eigenvalue weighted by Gasteiger charge is 1.97. The van der Waals surface area contributed by atoms with Crippen molar-refractivity contribution in [3.63, 3.8) is 0 Å². The third-order valence-electron chi connectivity index (χ3n) is 2.53. The number of allylic oxidation sites excluding steroid dienone is 3. The van der Waals surface area contributed by atoms with E-state index in [1.165, 1.54) is 43.3 Å². The lowest BCUT2D eigenvalue weighted by atomic mass is 10.00. The summed E-state index contributed by atoms with van der Waals surface area (Å²) in [7, 11) is 0. The van der Waals surface area contributed by atoms with Crippen LogP contribution in [0.4, 0.5) is 0 Å². The van der Waals surface area contributed by atoms with E-state index in [9.17, 15) is 0 Å². The fourth-order valence-corrected chi connectivity index (χ4v) is 1.12. The molecule has 0 heterocycles. The molecule has 15 heavy (non-hydrogen) atoms. The molecule has 90 valence electrons. The molecule has 0 spiro atoms. The van der Waals surface area contributed by atoms with Gasteiger partial charge >= 0.3 is 0 Å². The number of unbranched alkanes of at least 4 members (excludes halogenated alkanes) is 2. The van der Waals surface area contributed by atoms with Crippen molar-refractivity contribution in [3.05, 3.63) is 23.8 Å². The SMILES string of the molecule is C=C(CC)/C(=C/C)CCCC.CCCC. The van der Waals surface area contributed by atoms with Crippen molar-refractivity contribution in [2.45, 2.75) is 73.1 Å². The van der Waals surface area contributed by atoms with E-state index >= 15 is 0 Å². The molecule has 0 aromatic rings. The summed E-state index contributed by atoms with van der Waals surface area (Å²) in [5.41, 5.74) is 2.76. The van der Waals surface area contributed by atoms with Crippen LogP contribution in [0.1, 0.15) is 73.1 Å². The zero-order valence-electron chi connectivity index (χ0n) is 11.5. The third-order valence-corrected chi connectivity index (χ3v) is 2.53. The van der Waals surface area contributed by atoms with Crippen molar-refractivity contribution in [1.29, 1.82) is 0 Å². The van der Waals surface area contributed by atoms with Gasteiger partial charge in [0, 0.05) is 0 Å². The highest BCUT2D eigenvalue weighted by atomic mass is 14.0. The molecule has 0 aliphatic heterocycles. The van der Waals surface area contributed by atoms with Crippen LogP contribution >= 0.6 is 0 Å². The number of hydrogen-bond donors (Lipinski definition) is 0. The Labute approximate surface area is 97.5 Å². The molecular weight excluding hydrogens is 180 g/mol. The molecule has 0 saturated carbocycles. The Morgan fingerprint density at radius 2 is 1.53 bits per heavy atom. The minimum absolute atomic E-state index is 1.09. The summed E-state index contributed by atoms with van der Waals surface area (Å²) in [4.78, 5) is 0. The highest BCUT2D eigenvalue weighted by Crippen LogP contribution is 2.17. The van der Waals surface area contributed by atoms with E-state index in [1.807, 2.05) is 0 Å². The van der Waals surface area contributed by atoms with Gasteiger partial charge in [-0.05, 0) is 31.8 Å². The Bertz CT molecular complexity index is 161. The van der Waals surface area contributed by atoms with Crippen LogP contribution in [0, 0.1) is 0 Å². The monoisotopic (exact) mass is 210 g/mol. The molecule has 0 radical (unpaired) electrons. The van der Waals surface area contributed by atoms with Gasteiger partial charge in [-0.25, -0.2) is 0 Å². The molecule has 0 aromatic heterocycles. The van der Waals surface area contributed by atoms with Crippen LogP contribution < -0.4 is 0 Å². The smallest absolute Gasteiger partial charge is 0.0280 e. The van der Waals surface area contributed by atoms with Gasteiger partial charge in [0.2, 0.25) is 0 Å². The molecule has 0 aromatic carbocycles. The van der Waals surface area contributed by atoms with Crippen molar-refractivity contribution in [3.8, 4) is 0 Å². The predicted octanol–water partition coefficient (Wildman–Crippen LogP) is 5.90. The molecule has 0 aliphatic rings. The zero-order valence-corrected chi connectivity index (χ0v) is 11.5. The molecule has 0 nitrogen and oxygen atoms in total. The van der Waals surface area contributed by atoms with E-state index in [-0.39, 0.29) is 0 Å². The van der Waals surface area contributed by atoms with Crippen molar-refractivity contribution in [1.82, 2.24) is 0 Å². The highest BCUT2D eigenvalue weighted by molar-refractivity contribution is 5.26. The maximum absolute atomic E-state index is 4.03. The molecule has 0 rings (SSSR count). The number of rotatable bonds is 6. The standard InChI is InChI=1S/C11H20.C4H10/c1-5-8-9-11(7-3)10(4)6-2;1-3-4-2/h7H,4-6,8-9H2,1-3H3;3-4H2,1-2H3/b11-7+;. The van der Waals surface area contributed by atoms with Gasteiger partial charge < -0.3 is 0 Å². The normalized spacial score (nSPS) is 10.6. The van der Waals surface area contributed by atoms with Gasteiger partial charge in [-0.2, -0.15) is 0 Å². The Hall–Kier alpha value is -0.520. The second-order valence-corrected chi connectivity index (χ2v) is 3.87. The van der Waals surface area contributed by atoms with Gasteiger partial charge in [-0.3, -0.25) is 0 Å². The summed E-state index contributed by atoms with van der Waals surface area (Å²) in [5.74, 6) is 0. The fraction of sp³-hybridized carbons (Fsp3) is 0.733. The van der Waals surface area contributed by atoms with Crippen LogP contribution in [0.25, 0.3) is 0 Å². The molecule has 0 unspecified atom stereocenters. The van der Waals surface area contributed by atoms with E-state index < -0.39 is 0 Å². The van der Waals surface area contributed by atoms with Crippen molar-refractivity contribution >= 4 is 0 Å². The molecule has 0 saturated heterocycles. The summed E-state index contributed by atoms with van der Waals surface area (Å²) in [6.07, 6.45) is 9.69. The predicted molar refractivity (Wildman–Crippen MR) is 73.3 cm³/mol. The zero-order chi connectivity index (χ0) is 12.1. The first-order chi connectivity index (χ1) is 7.17. The van der Waals surface area contributed by atoms with Gasteiger partial charge in [-0.15, -0.1) is 0 Å². The number of hydrogen-bond acceptors (Lipinski definition) is 0. The Morgan fingerprint density at radius 3 is 1.80 bits per heavy atom. The molecule has 0 bridgehead atoms. The van der Waals surface area contributed by atoms with Crippen LogP contribution in [0.2, 0.25) is 0 Å². The van der Waals surface area contributed by atoms with Crippen molar-refractivity contribution in [2.24, 2.45) is 0 Å². The molecular formula is C15H30. The lowest BCUT2D eigenvalue weighted by molar-refractivity contribution is 0.785. The van der Waals surface area contributed by atoms with Crippen molar-refractivity contribution < 1.29 is 0 Å². The van der Waals surface area contributed by atoms with E-state index in [4.69, 9.17) is 0 Å². The lowest BCUT2D eigenvalue weighted by Crippen LogP contribution is -1.86. The van der Waals surface area contributed by atoms with Crippen LogP contribution in [0.3, 0.4) is 0 Å².